The zero-order valence-corrected chi connectivity index (χ0v) is 19.3. The molecule has 1 N–H and O–H groups in total. The third-order valence-corrected chi connectivity index (χ3v) is 6.71. The number of amides is 1. The Labute approximate surface area is 202 Å². The number of nitrogens with one attached hydrogen (secondary N) is 1. The second kappa shape index (κ2) is 9.17. The molecule has 0 saturated carbocycles. The smallest absolute Gasteiger partial charge is 0.223 e. The molecular weight excluding hydrogens is 440 g/mol. The number of hydrogen-bond donors (Lipinski definition) is 1. The molecule has 3 aromatic heterocycles. The number of imidazole rings is 1. The third-order valence-electron chi connectivity index (χ3n) is 6.71. The Hall–Kier alpha value is -4.27. The molecule has 0 spiro atoms. The van der Waals surface area contributed by atoms with E-state index < -0.39 is 0 Å². The fourth-order valence-electron chi connectivity index (χ4n) is 4.69. The van der Waals surface area contributed by atoms with Crippen LogP contribution in [-0.2, 0) is 17.9 Å². The number of fused-ring (bicyclic) bond motifs is 2. The molecule has 0 radical (unpaired) electrons. The van der Waals surface area contributed by atoms with Crippen LogP contribution in [0.3, 0.4) is 0 Å². The summed E-state index contributed by atoms with van der Waals surface area (Å²) in [7, 11) is 0. The van der Waals surface area contributed by atoms with E-state index in [0.29, 0.717) is 6.54 Å². The second-order valence-electron chi connectivity index (χ2n) is 8.98. The van der Waals surface area contributed by atoms with E-state index in [4.69, 9.17) is 0 Å². The highest BCUT2D eigenvalue weighted by Crippen LogP contribution is 2.22. The number of carbonyl (C=O) groups is 1. The molecule has 4 heterocycles. The Kier molecular flexibility index (Phi) is 5.57. The fraction of sp³-hybridized carbons (Fsp3) is 0.269. The quantitative estimate of drug-likeness (QED) is 0.414. The average Bonchev–Trinajstić information content (AvgIpc) is 3.55. The number of benzene rings is 2. The summed E-state index contributed by atoms with van der Waals surface area (Å²) in [5.74, 6) is 1.04. The molecule has 5 aromatic rings. The van der Waals surface area contributed by atoms with Gasteiger partial charge in [0.25, 0.3) is 0 Å². The van der Waals surface area contributed by atoms with E-state index in [2.05, 4.69) is 65.4 Å². The first-order valence-corrected chi connectivity index (χ1v) is 11.9. The van der Waals surface area contributed by atoms with Crippen molar-refractivity contribution in [3.8, 4) is 0 Å². The van der Waals surface area contributed by atoms with Crippen molar-refractivity contribution in [1.82, 2.24) is 34.7 Å². The monoisotopic (exact) mass is 466 g/mol. The highest BCUT2D eigenvalue weighted by atomic mass is 16.1. The van der Waals surface area contributed by atoms with Gasteiger partial charge in [0.2, 0.25) is 5.91 Å². The number of anilines is 1. The van der Waals surface area contributed by atoms with E-state index in [9.17, 15) is 4.79 Å². The highest BCUT2D eigenvalue weighted by molar-refractivity contribution is 5.79. The Morgan fingerprint density at radius 3 is 2.60 bits per heavy atom. The highest BCUT2D eigenvalue weighted by Gasteiger charge is 2.25. The van der Waals surface area contributed by atoms with Gasteiger partial charge in [-0.1, -0.05) is 36.4 Å². The van der Waals surface area contributed by atoms with Gasteiger partial charge in [-0.25, -0.2) is 4.98 Å². The largest absolute Gasteiger partial charge is 0.355 e. The summed E-state index contributed by atoms with van der Waals surface area (Å²) in [6, 6.07) is 20.4. The standard InChI is InChI=1S/C26H26N8O/c35-26(21-11-13-32(14-12-21)25-10-9-24-30-29-18-34(24)31-25)27-15-19-5-7-20(8-6-19)16-33-17-28-22-3-1-2-4-23(22)33/h1-10,17-18,21H,11-16H2,(H,27,35). The summed E-state index contributed by atoms with van der Waals surface area (Å²) in [6.45, 7) is 2.91. The predicted octanol–water partition coefficient (Wildman–Crippen LogP) is 3.06. The Morgan fingerprint density at radius 1 is 0.943 bits per heavy atom. The van der Waals surface area contributed by atoms with Crippen molar-refractivity contribution in [3.05, 3.63) is 84.4 Å². The maximum absolute atomic E-state index is 12.8. The van der Waals surface area contributed by atoms with Crippen molar-refractivity contribution < 1.29 is 4.79 Å². The topological polar surface area (TPSA) is 93.2 Å². The van der Waals surface area contributed by atoms with E-state index in [0.717, 1.165) is 60.5 Å². The van der Waals surface area contributed by atoms with Gasteiger partial charge >= 0.3 is 0 Å². The van der Waals surface area contributed by atoms with Crippen LogP contribution in [-0.4, -0.2) is 48.4 Å². The lowest BCUT2D eigenvalue weighted by molar-refractivity contribution is -0.125. The fourth-order valence-corrected chi connectivity index (χ4v) is 4.69. The van der Waals surface area contributed by atoms with Crippen LogP contribution in [0.25, 0.3) is 16.7 Å². The van der Waals surface area contributed by atoms with Crippen molar-refractivity contribution in [1.29, 1.82) is 0 Å². The van der Waals surface area contributed by atoms with Crippen LogP contribution in [0.4, 0.5) is 5.82 Å². The normalized spacial score (nSPS) is 14.6. The van der Waals surface area contributed by atoms with Crippen LogP contribution in [0.2, 0.25) is 0 Å². The van der Waals surface area contributed by atoms with Crippen molar-refractivity contribution in [2.75, 3.05) is 18.0 Å². The van der Waals surface area contributed by atoms with Gasteiger partial charge in [0.05, 0.1) is 17.4 Å². The van der Waals surface area contributed by atoms with Gasteiger partial charge in [0, 0.05) is 32.1 Å². The number of rotatable bonds is 6. The van der Waals surface area contributed by atoms with E-state index in [1.807, 2.05) is 36.7 Å². The maximum atomic E-state index is 12.8. The zero-order valence-electron chi connectivity index (χ0n) is 19.3. The number of aromatic nitrogens is 6. The minimum atomic E-state index is 0.0266. The van der Waals surface area contributed by atoms with Crippen LogP contribution in [0.5, 0.6) is 0 Å². The number of carbonyl (C=O) groups excluding carboxylic acids is 1. The van der Waals surface area contributed by atoms with E-state index >= 15 is 0 Å². The number of piperidine rings is 1. The summed E-state index contributed by atoms with van der Waals surface area (Å²) in [6.07, 6.45) is 5.11. The van der Waals surface area contributed by atoms with Gasteiger partial charge in [-0.15, -0.1) is 15.3 Å². The SMILES string of the molecule is O=C(NCc1ccc(Cn2cnc3ccccc32)cc1)C1CCN(c2ccc3nncn3n2)CC1. The molecule has 1 aliphatic heterocycles. The van der Waals surface area contributed by atoms with E-state index in [1.165, 1.54) is 5.56 Å². The lowest BCUT2D eigenvalue weighted by Gasteiger charge is -2.32. The molecule has 9 nitrogen and oxygen atoms in total. The van der Waals surface area contributed by atoms with Gasteiger partial charge in [-0.3, -0.25) is 4.79 Å². The summed E-state index contributed by atoms with van der Waals surface area (Å²) < 4.78 is 3.83. The lowest BCUT2D eigenvalue weighted by atomic mass is 9.96. The minimum Gasteiger partial charge on any atom is -0.355 e. The number of nitrogens with zero attached hydrogens (tertiary/aromatic N) is 7. The van der Waals surface area contributed by atoms with Gasteiger partial charge in [-0.05, 0) is 48.2 Å². The molecule has 176 valence electrons. The summed E-state index contributed by atoms with van der Waals surface area (Å²) in [5, 5.41) is 15.6. The van der Waals surface area contributed by atoms with E-state index in [1.54, 1.807) is 10.8 Å². The molecule has 6 rings (SSSR count). The molecule has 35 heavy (non-hydrogen) atoms. The molecule has 0 bridgehead atoms. The van der Waals surface area contributed by atoms with Gasteiger partial charge in [-0.2, -0.15) is 4.52 Å². The Balaban J connectivity index is 1.00. The summed E-state index contributed by atoms with van der Waals surface area (Å²) in [4.78, 5) is 19.5. The maximum Gasteiger partial charge on any atom is 0.223 e. The second-order valence-corrected chi connectivity index (χ2v) is 8.98. The summed E-state index contributed by atoms with van der Waals surface area (Å²) >= 11 is 0. The number of hydrogen-bond acceptors (Lipinski definition) is 6. The molecular formula is C26H26N8O. The molecule has 1 amide bonds. The van der Waals surface area contributed by atoms with Gasteiger partial charge in [0.15, 0.2) is 5.65 Å². The van der Waals surface area contributed by atoms with Crippen LogP contribution in [0.1, 0.15) is 24.0 Å². The first kappa shape index (κ1) is 21.3. The molecule has 1 fully saturated rings. The van der Waals surface area contributed by atoms with Crippen LogP contribution in [0.15, 0.2) is 73.3 Å². The molecule has 9 heteroatoms. The minimum absolute atomic E-state index is 0.0266. The van der Waals surface area contributed by atoms with Crippen molar-refractivity contribution in [2.24, 2.45) is 5.92 Å². The van der Waals surface area contributed by atoms with Gasteiger partial charge in [0.1, 0.15) is 12.1 Å². The Bertz CT molecular complexity index is 1460. The first-order chi connectivity index (χ1) is 17.2. The summed E-state index contributed by atoms with van der Waals surface area (Å²) in [5.41, 5.74) is 5.16. The van der Waals surface area contributed by atoms with Crippen molar-refractivity contribution in [3.63, 3.8) is 0 Å². The Morgan fingerprint density at radius 2 is 1.74 bits per heavy atom. The molecule has 0 atom stereocenters. The van der Waals surface area contributed by atoms with Crippen LogP contribution in [0, 0.1) is 5.92 Å². The molecule has 1 saturated heterocycles. The third kappa shape index (κ3) is 4.44. The molecule has 0 unspecified atom stereocenters. The zero-order chi connectivity index (χ0) is 23.6. The van der Waals surface area contributed by atoms with Crippen molar-refractivity contribution >= 4 is 28.4 Å². The predicted molar refractivity (Wildman–Crippen MR) is 133 cm³/mol. The first-order valence-electron chi connectivity index (χ1n) is 11.9. The van der Waals surface area contributed by atoms with Crippen molar-refractivity contribution in [2.45, 2.75) is 25.9 Å². The van der Waals surface area contributed by atoms with Crippen LogP contribution >= 0.6 is 0 Å². The number of para-hydroxylation sites is 2. The molecule has 0 aliphatic carbocycles. The average molecular weight is 467 g/mol. The lowest BCUT2D eigenvalue weighted by Crippen LogP contribution is -2.40. The molecule has 2 aromatic carbocycles. The van der Waals surface area contributed by atoms with Crippen LogP contribution < -0.4 is 10.2 Å². The van der Waals surface area contributed by atoms with E-state index in [-0.39, 0.29) is 11.8 Å². The van der Waals surface area contributed by atoms with Gasteiger partial charge < -0.3 is 14.8 Å². The molecule has 1 aliphatic rings.